The van der Waals surface area contributed by atoms with E-state index in [1.54, 1.807) is 11.3 Å². The zero-order valence-corrected chi connectivity index (χ0v) is 12.6. The molecule has 0 atom stereocenters. The summed E-state index contributed by atoms with van der Waals surface area (Å²) in [6.45, 7) is 2.41. The molecule has 20 heavy (non-hydrogen) atoms. The summed E-state index contributed by atoms with van der Waals surface area (Å²) >= 11 is 1.54. The summed E-state index contributed by atoms with van der Waals surface area (Å²) in [4.78, 5) is 9.97. The Morgan fingerprint density at radius 2 is 1.95 bits per heavy atom. The van der Waals surface area contributed by atoms with Crippen LogP contribution >= 0.6 is 11.3 Å². The molecule has 0 aliphatic heterocycles. The Hall–Kier alpha value is -1.27. The molecule has 108 valence electrons. The molecule has 3 rings (SSSR count). The summed E-state index contributed by atoms with van der Waals surface area (Å²) in [5, 5.41) is 5.10. The van der Waals surface area contributed by atoms with Crippen molar-refractivity contribution in [2.75, 3.05) is 0 Å². The van der Waals surface area contributed by atoms with E-state index in [2.05, 4.69) is 15.1 Å². The van der Waals surface area contributed by atoms with E-state index < -0.39 is 0 Å². The minimum absolute atomic E-state index is 0.453. The highest BCUT2D eigenvalue weighted by molar-refractivity contribution is 7.15. The maximum atomic E-state index is 5.63. The molecule has 2 aromatic rings. The summed E-state index contributed by atoms with van der Waals surface area (Å²) in [6.07, 6.45) is 7.55. The smallest absolute Gasteiger partial charge is 0.269 e. The second-order valence-corrected chi connectivity index (χ2v) is 6.46. The molecular formula is C14H20N4OS. The van der Waals surface area contributed by atoms with Gasteiger partial charge in [-0.25, -0.2) is 4.98 Å². The van der Waals surface area contributed by atoms with Crippen molar-refractivity contribution in [3.63, 3.8) is 0 Å². The van der Waals surface area contributed by atoms with E-state index in [9.17, 15) is 0 Å². The van der Waals surface area contributed by atoms with Gasteiger partial charge in [0.05, 0.1) is 5.69 Å². The molecule has 1 aliphatic carbocycles. The molecule has 1 aliphatic rings. The van der Waals surface area contributed by atoms with Gasteiger partial charge in [-0.05, 0) is 19.8 Å². The first-order valence-corrected chi connectivity index (χ1v) is 8.10. The third-order valence-electron chi connectivity index (χ3n) is 3.87. The van der Waals surface area contributed by atoms with Crippen molar-refractivity contribution >= 4 is 11.3 Å². The van der Waals surface area contributed by atoms with E-state index >= 15 is 0 Å². The normalized spacial score (nSPS) is 17.3. The van der Waals surface area contributed by atoms with Crippen LogP contribution in [0.2, 0.25) is 0 Å². The predicted molar refractivity (Wildman–Crippen MR) is 78.5 cm³/mol. The van der Waals surface area contributed by atoms with Crippen molar-refractivity contribution in [2.45, 2.75) is 57.9 Å². The largest absolute Gasteiger partial charge is 0.333 e. The molecule has 1 saturated carbocycles. The molecule has 5 nitrogen and oxygen atoms in total. The third-order valence-corrected chi connectivity index (χ3v) is 5.04. The summed E-state index contributed by atoms with van der Waals surface area (Å²) in [5.74, 6) is 1.92. The minimum atomic E-state index is 0.453. The van der Waals surface area contributed by atoms with Gasteiger partial charge >= 0.3 is 0 Å². The number of aromatic nitrogens is 3. The van der Waals surface area contributed by atoms with Crippen molar-refractivity contribution in [2.24, 2.45) is 5.73 Å². The number of aryl methyl sites for hydroxylation is 1. The zero-order valence-electron chi connectivity index (χ0n) is 11.8. The van der Waals surface area contributed by atoms with Crippen molar-refractivity contribution < 1.29 is 4.52 Å². The second kappa shape index (κ2) is 6.01. The van der Waals surface area contributed by atoms with Gasteiger partial charge in [0.25, 0.3) is 5.89 Å². The Labute approximate surface area is 122 Å². The summed E-state index contributed by atoms with van der Waals surface area (Å²) in [6, 6.07) is 0. The van der Waals surface area contributed by atoms with E-state index in [1.165, 1.54) is 38.5 Å². The highest BCUT2D eigenvalue weighted by atomic mass is 32.1. The fourth-order valence-electron chi connectivity index (χ4n) is 2.77. The first kappa shape index (κ1) is 13.7. The zero-order chi connectivity index (χ0) is 13.9. The molecule has 1 fully saturated rings. The molecule has 0 saturated heterocycles. The van der Waals surface area contributed by atoms with Crippen molar-refractivity contribution in [3.8, 4) is 10.8 Å². The van der Waals surface area contributed by atoms with Crippen molar-refractivity contribution in [1.82, 2.24) is 15.1 Å². The molecule has 0 radical (unpaired) electrons. The maximum Gasteiger partial charge on any atom is 0.269 e. The second-order valence-electron chi connectivity index (χ2n) is 5.37. The van der Waals surface area contributed by atoms with Gasteiger partial charge in [0, 0.05) is 12.5 Å². The highest BCUT2D eigenvalue weighted by Crippen LogP contribution is 2.33. The van der Waals surface area contributed by atoms with E-state index in [0.29, 0.717) is 18.4 Å². The standard InChI is InChI=1S/C14H20N4OS/c1-9-12(20-11(8-15)16-9)14-17-13(18-19-14)10-6-4-2-3-5-7-10/h10H,2-8,15H2,1H3. The SMILES string of the molecule is Cc1nc(CN)sc1-c1nc(C2CCCCCC2)no1. The van der Waals surface area contributed by atoms with Crippen LogP contribution in [-0.2, 0) is 6.54 Å². The Morgan fingerprint density at radius 1 is 1.20 bits per heavy atom. The van der Waals surface area contributed by atoms with Crippen molar-refractivity contribution in [1.29, 1.82) is 0 Å². The number of hydrogen-bond acceptors (Lipinski definition) is 6. The fraction of sp³-hybridized carbons (Fsp3) is 0.643. The lowest BCUT2D eigenvalue weighted by molar-refractivity contribution is 0.410. The van der Waals surface area contributed by atoms with Gasteiger partial charge < -0.3 is 10.3 Å². The lowest BCUT2D eigenvalue weighted by Crippen LogP contribution is -1.99. The van der Waals surface area contributed by atoms with Gasteiger partial charge in [-0.3, -0.25) is 0 Å². The van der Waals surface area contributed by atoms with E-state index in [-0.39, 0.29) is 0 Å². The van der Waals surface area contributed by atoms with Gasteiger partial charge in [-0.2, -0.15) is 4.98 Å². The predicted octanol–water partition coefficient (Wildman–Crippen LogP) is 3.40. The van der Waals surface area contributed by atoms with Crippen LogP contribution in [0.15, 0.2) is 4.52 Å². The molecule has 0 unspecified atom stereocenters. The van der Waals surface area contributed by atoms with Gasteiger partial charge in [0.15, 0.2) is 5.82 Å². The van der Waals surface area contributed by atoms with Crippen LogP contribution in [0.5, 0.6) is 0 Å². The number of thiazole rings is 1. The first-order chi connectivity index (χ1) is 9.78. The number of nitrogens with zero attached hydrogens (tertiary/aromatic N) is 3. The Balaban J connectivity index is 1.83. The minimum Gasteiger partial charge on any atom is -0.333 e. The molecule has 2 aromatic heterocycles. The molecule has 0 spiro atoms. The summed E-state index contributed by atoms with van der Waals surface area (Å²) in [5.41, 5.74) is 6.55. The van der Waals surface area contributed by atoms with E-state index in [0.717, 1.165) is 21.4 Å². The number of rotatable bonds is 3. The van der Waals surface area contributed by atoms with Crippen LogP contribution in [0.1, 0.15) is 61.0 Å². The summed E-state index contributed by atoms with van der Waals surface area (Å²) < 4.78 is 5.45. The Bertz CT molecular complexity index is 569. The molecule has 6 heteroatoms. The molecular weight excluding hydrogens is 272 g/mol. The third kappa shape index (κ3) is 2.76. The number of nitrogens with two attached hydrogens (primary N) is 1. The van der Waals surface area contributed by atoms with E-state index in [4.69, 9.17) is 10.3 Å². The quantitative estimate of drug-likeness (QED) is 0.877. The monoisotopic (exact) mass is 292 g/mol. The fourth-order valence-corrected chi connectivity index (χ4v) is 3.63. The molecule has 2 heterocycles. The average molecular weight is 292 g/mol. The lowest BCUT2D eigenvalue weighted by Gasteiger charge is -2.07. The topological polar surface area (TPSA) is 77.8 Å². The van der Waals surface area contributed by atoms with Crippen LogP contribution in [-0.4, -0.2) is 15.1 Å². The van der Waals surface area contributed by atoms with Crippen LogP contribution in [0, 0.1) is 6.92 Å². The Morgan fingerprint density at radius 3 is 2.60 bits per heavy atom. The van der Waals surface area contributed by atoms with Crippen molar-refractivity contribution in [3.05, 3.63) is 16.5 Å². The molecule has 0 bridgehead atoms. The molecule has 0 aromatic carbocycles. The van der Waals surface area contributed by atoms with Crippen LogP contribution in [0.3, 0.4) is 0 Å². The van der Waals surface area contributed by atoms with Crippen LogP contribution in [0.25, 0.3) is 10.8 Å². The van der Waals surface area contributed by atoms with Crippen LogP contribution in [0.4, 0.5) is 0 Å². The van der Waals surface area contributed by atoms with Gasteiger partial charge in [-0.15, -0.1) is 11.3 Å². The van der Waals surface area contributed by atoms with Gasteiger partial charge in [-0.1, -0.05) is 30.8 Å². The lowest BCUT2D eigenvalue weighted by atomic mass is 10.00. The summed E-state index contributed by atoms with van der Waals surface area (Å²) in [7, 11) is 0. The number of hydrogen-bond donors (Lipinski definition) is 1. The van der Waals surface area contributed by atoms with Crippen LogP contribution < -0.4 is 5.73 Å². The van der Waals surface area contributed by atoms with E-state index in [1.807, 2.05) is 6.92 Å². The van der Waals surface area contributed by atoms with Gasteiger partial charge in [0.1, 0.15) is 9.88 Å². The van der Waals surface area contributed by atoms with Gasteiger partial charge in [0.2, 0.25) is 0 Å². The first-order valence-electron chi connectivity index (χ1n) is 7.28. The average Bonchev–Trinajstić information content (AvgIpc) is 2.97. The Kier molecular flexibility index (Phi) is 4.12. The highest BCUT2D eigenvalue weighted by Gasteiger charge is 2.22. The molecule has 0 amide bonds. The maximum absolute atomic E-state index is 5.63. The molecule has 2 N–H and O–H groups in total.